The Morgan fingerprint density at radius 3 is 2.62 bits per heavy atom. The minimum absolute atomic E-state index is 0.0322. The lowest BCUT2D eigenvalue weighted by Crippen LogP contribution is -2.52. The van der Waals surface area contributed by atoms with Gasteiger partial charge in [0.2, 0.25) is 0 Å². The van der Waals surface area contributed by atoms with Gasteiger partial charge in [-0.25, -0.2) is 4.39 Å². The van der Waals surface area contributed by atoms with Crippen molar-refractivity contribution in [1.29, 1.82) is 0 Å². The van der Waals surface area contributed by atoms with Crippen molar-refractivity contribution in [1.82, 2.24) is 9.80 Å². The molecule has 0 N–H and O–H groups in total. The third-order valence-electron chi connectivity index (χ3n) is 5.05. The maximum Gasteiger partial charge on any atom is 0.264 e. The number of piperazine rings is 1. The smallest absolute Gasteiger partial charge is 0.264 e. The van der Waals surface area contributed by atoms with E-state index in [2.05, 4.69) is 4.90 Å². The highest BCUT2D eigenvalue weighted by atomic mass is 35.5. The summed E-state index contributed by atoms with van der Waals surface area (Å²) in [5, 5.41) is 0.445. The molecule has 0 saturated carbocycles. The summed E-state index contributed by atoms with van der Waals surface area (Å²) in [4.78, 5) is 16.7. The van der Waals surface area contributed by atoms with Crippen LogP contribution >= 0.6 is 11.6 Å². The molecule has 2 aliphatic rings. The van der Waals surface area contributed by atoms with Gasteiger partial charge in [-0.05, 0) is 23.8 Å². The van der Waals surface area contributed by atoms with Crippen LogP contribution in [0.1, 0.15) is 11.1 Å². The van der Waals surface area contributed by atoms with Crippen molar-refractivity contribution in [2.45, 2.75) is 19.1 Å². The van der Waals surface area contributed by atoms with Gasteiger partial charge < -0.3 is 9.64 Å². The number of fused-ring (bicyclic) bond motifs is 1. The molecule has 0 aliphatic carbocycles. The molecular weight excluding hydrogens is 355 g/mol. The molecule has 26 heavy (non-hydrogen) atoms. The van der Waals surface area contributed by atoms with Crippen LogP contribution in [0, 0.1) is 5.82 Å². The minimum Gasteiger partial charge on any atom is -0.480 e. The molecule has 0 bridgehead atoms. The topological polar surface area (TPSA) is 32.8 Å². The van der Waals surface area contributed by atoms with Gasteiger partial charge in [-0.2, -0.15) is 0 Å². The number of hydrogen-bond acceptors (Lipinski definition) is 3. The number of carbonyl (C=O) groups is 1. The minimum atomic E-state index is -0.431. The van der Waals surface area contributed by atoms with Crippen LogP contribution in [0.5, 0.6) is 5.75 Å². The maximum absolute atomic E-state index is 14.0. The van der Waals surface area contributed by atoms with Crippen LogP contribution in [0.4, 0.5) is 4.39 Å². The van der Waals surface area contributed by atoms with Gasteiger partial charge in [-0.1, -0.05) is 35.9 Å². The number of hydrogen-bond donors (Lipinski definition) is 0. The number of benzene rings is 2. The second kappa shape index (κ2) is 7.25. The van der Waals surface area contributed by atoms with Crippen molar-refractivity contribution < 1.29 is 13.9 Å². The average molecular weight is 375 g/mol. The van der Waals surface area contributed by atoms with Crippen LogP contribution in [0.15, 0.2) is 42.5 Å². The van der Waals surface area contributed by atoms with E-state index >= 15 is 0 Å². The van der Waals surface area contributed by atoms with E-state index in [1.165, 1.54) is 6.07 Å². The van der Waals surface area contributed by atoms with E-state index in [9.17, 15) is 9.18 Å². The van der Waals surface area contributed by atoms with Crippen molar-refractivity contribution in [3.63, 3.8) is 0 Å². The number of rotatable bonds is 3. The molecule has 1 unspecified atom stereocenters. The molecule has 6 heteroatoms. The molecule has 2 aromatic carbocycles. The summed E-state index contributed by atoms with van der Waals surface area (Å²) in [6.45, 7) is 3.06. The first kappa shape index (κ1) is 17.3. The molecule has 2 aliphatic heterocycles. The van der Waals surface area contributed by atoms with Gasteiger partial charge in [-0.15, -0.1) is 0 Å². The Morgan fingerprint density at radius 1 is 1.12 bits per heavy atom. The Kier molecular flexibility index (Phi) is 4.83. The zero-order chi connectivity index (χ0) is 18.1. The van der Waals surface area contributed by atoms with E-state index in [0.717, 1.165) is 11.3 Å². The molecule has 1 saturated heterocycles. The third kappa shape index (κ3) is 3.41. The Bertz CT molecular complexity index is 776. The van der Waals surface area contributed by atoms with E-state index in [-0.39, 0.29) is 11.7 Å². The molecule has 1 amide bonds. The standard InChI is InChI=1S/C20H20ClFN2O2/c21-16-5-3-6-17(22)15(16)13-23-8-10-24(11-9-23)20(25)19-12-14-4-1-2-7-18(14)26-19/h1-7,19H,8-13H2. The number of ether oxygens (including phenoxy) is 1. The first-order valence-corrected chi connectivity index (χ1v) is 9.18. The lowest BCUT2D eigenvalue weighted by molar-refractivity contribution is -0.139. The molecule has 2 heterocycles. The van der Waals surface area contributed by atoms with E-state index in [0.29, 0.717) is 49.7 Å². The van der Waals surface area contributed by atoms with Gasteiger partial charge in [0.05, 0.1) is 0 Å². The van der Waals surface area contributed by atoms with Crippen LogP contribution in [0.3, 0.4) is 0 Å². The number of nitrogens with zero attached hydrogens (tertiary/aromatic N) is 2. The number of carbonyl (C=O) groups excluding carboxylic acids is 1. The largest absolute Gasteiger partial charge is 0.480 e. The monoisotopic (exact) mass is 374 g/mol. The molecule has 0 aromatic heterocycles. The predicted molar refractivity (Wildman–Crippen MR) is 97.8 cm³/mol. The first-order valence-electron chi connectivity index (χ1n) is 8.80. The molecule has 4 rings (SSSR count). The van der Waals surface area contributed by atoms with E-state index in [1.807, 2.05) is 29.2 Å². The molecule has 1 atom stereocenters. The average Bonchev–Trinajstić information content (AvgIpc) is 3.09. The number of amides is 1. The summed E-state index contributed by atoms with van der Waals surface area (Å²) >= 11 is 6.11. The van der Waals surface area contributed by atoms with E-state index in [4.69, 9.17) is 16.3 Å². The van der Waals surface area contributed by atoms with Gasteiger partial charge in [0.25, 0.3) is 5.91 Å². The number of halogens is 2. The van der Waals surface area contributed by atoms with Crippen LogP contribution in [0.25, 0.3) is 0 Å². The maximum atomic E-state index is 14.0. The van der Waals surface area contributed by atoms with Crippen LogP contribution in [-0.4, -0.2) is 48.0 Å². The summed E-state index contributed by atoms with van der Waals surface area (Å²) in [6.07, 6.45) is 0.194. The first-order chi connectivity index (χ1) is 12.6. The zero-order valence-corrected chi connectivity index (χ0v) is 15.1. The van der Waals surface area contributed by atoms with Crippen molar-refractivity contribution in [3.05, 3.63) is 64.4 Å². The van der Waals surface area contributed by atoms with Crippen LogP contribution < -0.4 is 4.74 Å². The Balaban J connectivity index is 1.33. The van der Waals surface area contributed by atoms with E-state index in [1.54, 1.807) is 12.1 Å². The van der Waals surface area contributed by atoms with Crippen LogP contribution in [-0.2, 0) is 17.8 Å². The van der Waals surface area contributed by atoms with E-state index < -0.39 is 6.10 Å². The van der Waals surface area contributed by atoms with Crippen molar-refractivity contribution in [2.75, 3.05) is 26.2 Å². The molecule has 1 fully saturated rings. The lowest BCUT2D eigenvalue weighted by Gasteiger charge is -2.35. The van der Waals surface area contributed by atoms with Gasteiger partial charge in [0.1, 0.15) is 11.6 Å². The highest BCUT2D eigenvalue weighted by Crippen LogP contribution is 2.29. The summed E-state index contributed by atoms with van der Waals surface area (Å²) in [5.74, 6) is 0.552. The van der Waals surface area contributed by atoms with Crippen molar-refractivity contribution >= 4 is 17.5 Å². The fourth-order valence-corrected chi connectivity index (χ4v) is 3.78. The summed E-state index contributed by atoms with van der Waals surface area (Å²) in [5.41, 5.74) is 1.60. The van der Waals surface area contributed by atoms with Gasteiger partial charge >= 0.3 is 0 Å². The second-order valence-corrected chi connectivity index (χ2v) is 7.13. The summed E-state index contributed by atoms with van der Waals surface area (Å²) < 4.78 is 19.8. The molecule has 0 radical (unpaired) electrons. The normalized spacial score (nSPS) is 19.9. The summed E-state index contributed by atoms with van der Waals surface area (Å²) in [7, 11) is 0. The SMILES string of the molecule is O=C(C1Cc2ccccc2O1)N1CCN(Cc2c(F)cccc2Cl)CC1. The quantitative estimate of drug-likeness (QED) is 0.827. The van der Waals surface area contributed by atoms with Gasteiger partial charge in [0.15, 0.2) is 6.10 Å². The van der Waals surface area contributed by atoms with Crippen molar-refractivity contribution in [3.8, 4) is 5.75 Å². The van der Waals surface area contributed by atoms with Crippen molar-refractivity contribution in [2.24, 2.45) is 0 Å². The lowest BCUT2D eigenvalue weighted by atomic mass is 10.1. The Labute approximate surface area is 157 Å². The predicted octanol–water partition coefficient (Wildman–Crippen LogP) is 3.13. The molecule has 4 nitrogen and oxygen atoms in total. The van der Waals surface area contributed by atoms with Gasteiger partial charge in [-0.3, -0.25) is 9.69 Å². The molecule has 136 valence electrons. The van der Waals surface area contributed by atoms with Gasteiger partial charge in [0, 0.05) is 49.7 Å². The summed E-state index contributed by atoms with van der Waals surface area (Å²) in [6, 6.07) is 12.5. The third-order valence-corrected chi connectivity index (χ3v) is 5.40. The number of para-hydroxylation sites is 1. The highest BCUT2D eigenvalue weighted by Gasteiger charge is 2.33. The zero-order valence-electron chi connectivity index (χ0n) is 14.3. The molecule has 0 spiro atoms. The fourth-order valence-electron chi connectivity index (χ4n) is 3.56. The molecular formula is C20H20ClFN2O2. The second-order valence-electron chi connectivity index (χ2n) is 6.72. The highest BCUT2D eigenvalue weighted by molar-refractivity contribution is 6.31. The van der Waals surface area contributed by atoms with Crippen LogP contribution in [0.2, 0.25) is 5.02 Å². The molecule has 2 aromatic rings. The fraction of sp³-hybridized carbons (Fsp3) is 0.350. The Morgan fingerprint density at radius 2 is 1.88 bits per heavy atom. The Hall–Kier alpha value is -2.11.